The number of nitrogens with zero attached hydrogens (tertiary/aromatic N) is 1. The molecule has 0 aliphatic heterocycles. The highest BCUT2D eigenvalue weighted by Gasteiger charge is 2.34. The molecule has 0 bridgehead atoms. The summed E-state index contributed by atoms with van der Waals surface area (Å²) >= 11 is 0. The fourth-order valence-corrected chi connectivity index (χ4v) is 2.85. The lowest BCUT2D eigenvalue weighted by Gasteiger charge is -2.37. The lowest BCUT2D eigenvalue weighted by atomic mass is 9.75. The molecule has 0 N–H and O–H groups in total. The Labute approximate surface area is 117 Å². The molecule has 2 rings (SSSR count). The molecule has 1 aromatic carbocycles. The van der Waals surface area contributed by atoms with E-state index in [4.69, 9.17) is 10.00 Å². The van der Waals surface area contributed by atoms with Gasteiger partial charge in [-0.2, -0.15) is 9.65 Å². The number of hydrogen-bond acceptors (Lipinski definition) is 2. The molecule has 1 aliphatic rings. The first kappa shape index (κ1) is 14.7. The van der Waals surface area contributed by atoms with Gasteiger partial charge in [-0.25, -0.2) is 4.39 Å². The summed E-state index contributed by atoms with van der Waals surface area (Å²) in [7, 11) is 1.54. The fourth-order valence-electron chi connectivity index (χ4n) is 2.85. The minimum atomic E-state index is -0.799. The molecule has 0 spiro atoms. The maximum absolute atomic E-state index is 13.2. The first-order valence-corrected chi connectivity index (χ1v) is 6.67. The minimum Gasteiger partial charge on any atom is -0.374 e. The zero-order chi connectivity index (χ0) is 14.6. The fraction of sp³-hybridized carbons (Fsp3) is 0.438. The van der Waals surface area contributed by atoms with Crippen LogP contribution >= 0.6 is 0 Å². The quantitative estimate of drug-likeness (QED) is 0.774. The van der Waals surface area contributed by atoms with E-state index in [1.807, 2.05) is 0 Å². The van der Waals surface area contributed by atoms with Crippen LogP contribution in [-0.4, -0.2) is 12.7 Å². The molecule has 0 unspecified atom stereocenters. The van der Waals surface area contributed by atoms with E-state index >= 15 is 0 Å². The summed E-state index contributed by atoms with van der Waals surface area (Å²) in [5.41, 5.74) is 0.414. The van der Waals surface area contributed by atoms with E-state index in [2.05, 4.69) is 0 Å². The lowest BCUT2D eigenvalue weighted by molar-refractivity contribution is -0.00344. The number of ether oxygens (including phenoxy) is 1. The first-order valence-electron chi connectivity index (χ1n) is 6.67. The molecule has 0 atom stereocenters. The van der Waals surface area contributed by atoms with Crippen molar-refractivity contribution < 1.29 is 13.5 Å². The van der Waals surface area contributed by atoms with Gasteiger partial charge in [-0.05, 0) is 55.4 Å². The van der Waals surface area contributed by atoms with Gasteiger partial charge in [0.1, 0.15) is 11.9 Å². The van der Waals surface area contributed by atoms with Gasteiger partial charge in [0.15, 0.2) is 5.83 Å². The predicted octanol–water partition coefficient (Wildman–Crippen LogP) is 4.25. The van der Waals surface area contributed by atoms with Gasteiger partial charge in [0.05, 0.1) is 5.60 Å². The molecule has 0 heterocycles. The topological polar surface area (TPSA) is 33.0 Å². The van der Waals surface area contributed by atoms with E-state index in [0.717, 1.165) is 18.4 Å². The van der Waals surface area contributed by atoms with Gasteiger partial charge in [-0.15, -0.1) is 0 Å². The van der Waals surface area contributed by atoms with E-state index in [1.165, 1.54) is 24.3 Å². The van der Waals surface area contributed by atoms with Gasteiger partial charge >= 0.3 is 0 Å². The Morgan fingerprint density at radius 1 is 1.35 bits per heavy atom. The van der Waals surface area contributed by atoms with Crippen LogP contribution in [0.4, 0.5) is 8.78 Å². The van der Waals surface area contributed by atoms with Crippen molar-refractivity contribution in [3.05, 3.63) is 47.5 Å². The van der Waals surface area contributed by atoms with Gasteiger partial charge in [0.2, 0.25) is 0 Å². The Bertz CT molecular complexity index is 522. The molecular weight excluding hydrogens is 260 g/mol. The van der Waals surface area contributed by atoms with Crippen LogP contribution in [0.1, 0.15) is 37.2 Å². The van der Waals surface area contributed by atoms with Crippen molar-refractivity contribution in [1.29, 1.82) is 5.26 Å². The molecule has 0 amide bonds. The molecular formula is C16H17F2NO. The monoisotopic (exact) mass is 277 g/mol. The Morgan fingerprint density at radius 2 is 1.95 bits per heavy atom. The van der Waals surface area contributed by atoms with Gasteiger partial charge in [-0.1, -0.05) is 12.1 Å². The van der Waals surface area contributed by atoms with E-state index < -0.39 is 11.4 Å². The molecule has 1 aromatic rings. The van der Waals surface area contributed by atoms with Crippen LogP contribution in [0.25, 0.3) is 0 Å². The Balaban J connectivity index is 2.08. The Hall–Kier alpha value is -1.73. The second kappa shape index (κ2) is 6.15. The number of halogens is 2. The summed E-state index contributed by atoms with van der Waals surface area (Å²) in [5.74, 6) is -0.709. The third-order valence-corrected chi connectivity index (χ3v) is 4.08. The van der Waals surface area contributed by atoms with Crippen LogP contribution in [0, 0.1) is 17.1 Å². The van der Waals surface area contributed by atoms with Crippen LogP contribution in [0.5, 0.6) is 0 Å². The average Bonchev–Trinajstić information content (AvgIpc) is 2.49. The highest BCUT2D eigenvalue weighted by atomic mass is 19.1. The summed E-state index contributed by atoms with van der Waals surface area (Å²) in [4.78, 5) is 0. The SMILES string of the molecule is COC1(C=C(F)C#N)CCC(c2ccc(F)cc2)CC1. The standard InChI is InChI=1S/C16H17F2NO/c1-20-16(10-15(18)11-19)8-6-13(7-9-16)12-2-4-14(17)5-3-12/h2-5,10,13H,6-9H2,1H3. The van der Waals surface area contributed by atoms with Crippen molar-refractivity contribution in [3.8, 4) is 6.07 Å². The highest BCUT2D eigenvalue weighted by molar-refractivity contribution is 5.24. The smallest absolute Gasteiger partial charge is 0.198 e. The van der Waals surface area contributed by atoms with Crippen LogP contribution in [-0.2, 0) is 4.74 Å². The minimum absolute atomic E-state index is 0.241. The summed E-state index contributed by atoms with van der Waals surface area (Å²) < 4.78 is 31.5. The number of nitriles is 1. The summed E-state index contributed by atoms with van der Waals surface area (Å²) in [6.45, 7) is 0. The van der Waals surface area contributed by atoms with E-state index in [-0.39, 0.29) is 5.82 Å². The number of benzene rings is 1. The maximum atomic E-state index is 13.2. The van der Waals surface area contributed by atoms with Gasteiger partial charge in [-0.3, -0.25) is 0 Å². The van der Waals surface area contributed by atoms with Crippen LogP contribution in [0.15, 0.2) is 36.2 Å². The number of rotatable bonds is 3. The van der Waals surface area contributed by atoms with Crippen molar-refractivity contribution in [1.82, 2.24) is 0 Å². The molecule has 4 heteroatoms. The third-order valence-electron chi connectivity index (χ3n) is 4.08. The Morgan fingerprint density at radius 3 is 2.45 bits per heavy atom. The molecule has 20 heavy (non-hydrogen) atoms. The zero-order valence-corrected chi connectivity index (χ0v) is 11.4. The molecule has 0 saturated heterocycles. The van der Waals surface area contributed by atoms with Crippen molar-refractivity contribution in [2.24, 2.45) is 0 Å². The van der Waals surface area contributed by atoms with Crippen molar-refractivity contribution in [3.63, 3.8) is 0 Å². The molecule has 1 fully saturated rings. The molecule has 1 aliphatic carbocycles. The molecule has 106 valence electrons. The lowest BCUT2D eigenvalue weighted by Crippen LogP contribution is -2.34. The van der Waals surface area contributed by atoms with Gasteiger partial charge < -0.3 is 4.74 Å². The second-order valence-electron chi connectivity index (χ2n) is 5.20. The van der Waals surface area contributed by atoms with Gasteiger partial charge in [0.25, 0.3) is 0 Å². The van der Waals surface area contributed by atoms with Crippen molar-refractivity contribution >= 4 is 0 Å². The average molecular weight is 277 g/mol. The first-order chi connectivity index (χ1) is 9.58. The van der Waals surface area contributed by atoms with E-state index in [0.29, 0.717) is 18.8 Å². The van der Waals surface area contributed by atoms with Crippen LogP contribution in [0.3, 0.4) is 0 Å². The summed E-state index contributed by atoms with van der Waals surface area (Å²) in [5, 5.41) is 8.55. The van der Waals surface area contributed by atoms with Gasteiger partial charge in [0, 0.05) is 7.11 Å². The molecule has 2 nitrogen and oxygen atoms in total. The third kappa shape index (κ3) is 3.23. The highest BCUT2D eigenvalue weighted by Crippen LogP contribution is 2.41. The van der Waals surface area contributed by atoms with Crippen molar-refractivity contribution in [2.45, 2.75) is 37.2 Å². The van der Waals surface area contributed by atoms with Crippen LogP contribution < -0.4 is 0 Å². The molecule has 0 radical (unpaired) electrons. The summed E-state index contributed by atoms with van der Waals surface area (Å²) in [6, 6.07) is 8.01. The largest absolute Gasteiger partial charge is 0.374 e. The number of hydrogen-bond donors (Lipinski definition) is 0. The zero-order valence-electron chi connectivity index (χ0n) is 11.4. The number of allylic oxidation sites excluding steroid dienone is 1. The number of methoxy groups -OCH3 is 1. The van der Waals surface area contributed by atoms with Crippen molar-refractivity contribution in [2.75, 3.05) is 7.11 Å². The second-order valence-corrected chi connectivity index (χ2v) is 5.20. The summed E-state index contributed by atoms with van der Waals surface area (Å²) in [6.07, 6.45) is 4.25. The Kier molecular flexibility index (Phi) is 4.51. The molecule has 1 saturated carbocycles. The van der Waals surface area contributed by atoms with Crippen LogP contribution in [0.2, 0.25) is 0 Å². The normalized spacial score (nSPS) is 27.1. The molecule has 0 aromatic heterocycles. The van der Waals surface area contributed by atoms with E-state index in [1.54, 1.807) is 19.2 Å². The predicted molar refractivity (Wildman–Crippen MR) is 72.2 cm³/mol. The maximum Gasteiger partial charge on any atom is 0.198 e. The van der Waals surface area contributed by atoms with E-state index in [9.17, 15) is 8.78 Å².